The van der Waals surface area contributed by atoms with Gasteiger partial charge in [0.05, 0.1) is 11.7 Å². The molecule has 2 aromatic heterocycles. The first-order valence-corrected chi connectivity index (χ1v) is 13.0. The van der Waals surface area contributed by atoms with Gasteiger partial charge in [-0.1, -0.05) is 31.2 Å². The maximum Gasteiger partial charge on any atom is 0.207 e. The third-order valence-corrected chi connectivity index (χ3v) is 6.65. The number of nitrogens with two attached hydrogens (primary N) is 2. The first-order chi connectivity index (χ1) is 20.4. The van der Waals surface area contributed by atoms with Crippen LogP contribution in [0.3, 0.4) is 0 Å². The molecule has 1 unspecified atom stereocenters. The van der Waals surface area contributed by atoms with Gasteiger partial charge in [0, 0.05) is 40.5 Å². The molecule has 6 N–H and O–H groups in total. The largest absolute Gasteiger partial charge is 0.382 e. The van der Waals surface area contributed by atoms with Crippen LogP contribution in [0.4, 0.5) is 14.5 Å². The number of nitrogens with one attached hydrogen (secondary N) is 2. The molecule has 1 atom stereocenters. The monoisotopic (exact) mass is 569 g/mol. The van der Waals surface area contributed by atoms with Crippen LogP contribution in [-0.2, 0) is 17.6 Å². The van der Waals surface area contributed by atoms with Crippen LogP contribution < -0.4 is 16.9 Å². The fourth-order valence-electron chi connectivity index (χ4n) is 4.66. The van der Waals surface area contributed by atoms with Crippen LogP contribution in [0.5, 0.6) is 0 Å². The van der Waals surface area contributed by atoms with Gasteiger partial charge in [0.2, 0.25) is 6.41 Å². The van der Waals surface area contributed by atoms with E-state index in [2.05, 4.69) is 32.5 Å². The van der Waals surface area contributed by atoms with Gasteiger partial charge >= 0.3 is 0 Å². The lowest BCUT2D eigenvalue weighted by Gasteiger charge is -2.19. The summed E-state index contributed by atoms with van der Waals surface area (Å²) in [5.41, 5.74) is 11.6. The number of hydrogen-bond donors (Lipinski definition) is 4. The SMILES string of the molecule is CCc1c[nH]c2ccc(N=O)cc12.N/N=C(\N)c1cccc(-c2cccnc2C(Cc2cc(F)cc(F)c2)NC=O)c1. The summed E-state index contributed by atoms with van der Waals surface area (Å²) in [5, 5.41) is 10.2. The van der Waals surface area contributed by atoms with Crippen molar-refractivity contribution in [1.82, 2.24) is 15.3 Å². The summed E-state index contributed by atoms with van der Waals surface area (Å²) >= 11 is 0. The van der Waals surface area contributed by atoms with Gasteiger partial charge in [-0.25, -0.2) is 8.78 Å². The highest BCUT2D eigenvalue weighted by Gasteiger charge is 2.19. The predicted molar refractivity (Wildman–Crippen MR) is 160 cm³/mol. The zero-order valence-electron chi connectivity index (χ0n) is 22.7. The summed E-state index contributed by atoms with van der Waals surface area (Å²) in [7, 11) is 0. The zero-order chi connectivity index (χ0) is 30.1. The van der Waals surface area contributed by atoms with Crippen LogP contribution in [0.15, 0.2) is 95.5 Å². The molecule has 0 spiro atoms. The van der Waals surface area contributed by atoms with E-state index < -0.39 is 17.7 Å². The normalized spacial score (nSPS) is 11.8. The Kier molecular flexibility index (Phi) is 9.67. The van der Waals surface area contributed by atoms with Crippen molar-refractivity contribution in [2.24, 2.45) is 21.9 Å². The van der Waals surface area contributed by atoms with E-state index in [0.717, 1.165) is 34.5 Å². The number of hydrogen-bond acceptors (Lipinski definition) is 6. The quantitative estimate of drug-likeness (QED) is 0.0444. The lowest BCUT2D eigenvalue weighted by Crippen LogP contribution is -2.23. The minimum Gasteiger partial charge on any atom is -0.382 e. The first kappa shape index (κ1) is 29.5. The van der Waals surface area contributed by atoms with Crippen molar-refractivity contribution in [3.8, 4) is 11.1 Å². The molecule has 3 aromatic carbocycles. The fourth-order valence-corrected chi connectivity index (χ4v) is 4.66. The van der Waals surface area contributed by atoms with Crippen LogP contribution in [0, 0.1) is 16.5 Å². The van der Waals surface area contributed by atoms with Crippen molar-refractivity contribution >= 4 is 28.8 Å². The number of hydrazone groups is 1. The topological polar surface area (TPSA) is 152 Å². The van der Waals surface area contributed by atoms with Gasteiger partial charge in [0.15, 0.2) is 0 Å². The maximum absolute atomic E-state index is 13.6. The van der Waals surface area contributed by atoms with Gasteiger partial charge in [-0.2, -0.15) is 5.10 Å². The number of carbonyl (C=O) groups excluding carboxylic acids is 1. The first-order valence-electron chi connectivity index (χ1n) is 13.0. The minimum atomic E-state index is -0.685. The number of aryl methyl sites for hydroxylation is 1. The summed E-state index contributed by atoms with van der Waals surface area (Å²) in [6, 6.07) is 18.9. The van der Waals surface area contributed by atoms with Crippen LogP contribution in [-0.4, -0.2) is 22.2 Å². The molecule has 5 aromatic rings. The van der Waals surface area contributed by atoms with E-state index in [4.69, 9.17) is 11.6 Å². The summed E-state index contributed by atoms with van der Waals surface area (Å²) < 4.78 is 27.2. The van der Waals surface area contributed by atoms with Crippen LogP contribution in [0.1, 0.15) is 35.3 Å². The Balaban J connectivity index is 0.000000258. The number of nitrogens with zero attached hydrogens (tertiary/aromatic N) is 3. The molecule has 0 fully saturated rings. The second kappa shape index (κ2) is 13.8. The van der Waals surface area contributed by atoms with Crippen molar-refractivity contribution in [1.29, 1.82) is 0 Å². The Hall–Kier alpha value is -5.45. The number of pyridine rings is 1. The standard InChI is InChI=1S/C21H19F2N5O.C10H10N2O/c22-16-7-13(8-17(23)11-16)9-19(27-12-29)20-18(5-2-6-26-20)14-3-1-4-15(10-14)21(24)28-25;1-2-7-6-11-10-4-3-8(12-13)5-9(7)10/h1-8,10-12,19H,9,25H2,(H2,24,28)(H,27,29);3-6,11H,2H2,1H3. The molecule has 0 saturated heterocycles. The average Bonchev–Trinajstić information content (AvgIpc) is 3.42. The number of fused-ring (bicyclic) bond motifs is 1. The van der Waals surface area contributed by atoms with E-state index in [1.165, 1.54) is 17.7 Å². The van der Waals surface area contributed by atoms with Crippen molar-refractivity contribution in [2.75, 3.05) is 0 Å². The molecule has 0 bridgehead atoms. The number of amidine groups is 1. The predicted octanol–water partition coefficient (Wildman–Crippen LogP) is 5.76. The number of aromatic amines is 1. The molecule has 9 nitrogen and oxygen atoms in total. The lowest BCUT2D eigenvalue weighted by atomic mass is 9.94. The number of aromatic nitrogens is 2. The highest BCUT2D eigenvalue weighted by Crippen LogP contribution is 2.29. The summed E-state index contributed by atoms with van der Waals surface area (Å²) in [4.78, 5) is 29.1. The Morgan fingerprint density at radius 1 is 1.07 bits per heavy atom. The molecule has 2 heterocycles. The van der Waals surface area contributed by atoms with Crippen molar-refractivity contribution in [2.45, 2.75) is 25.8 Å². The molecule has 1 amide bonds. The van der Waals surface area contributed by atoms with E-state index in [9.17, 15) is 18.5 Å². The summed E-state index contributed by atoms with van der Waals surface area (Å²) in [6.45, 7) is 2.09. The number of rotatable bonds is 9. The number of amides is 1. The van der Waals surface area contributed by atoms with Crippen molar-refractivity contribution in [3.63, 3.8) is 0 Å². The van der Waals surface area contributed by atoms with Gasteiger partial charge in [-0.05, 0) is 77.2 Å². The molecule has 0 saturated carbocycles. The lowest BCUT2D eigenvalue weighted by molar-refractivity contribution is -0.110. The van der Waals surface area contributed by atoms with E-state index in [-0.39, 0.29) is 12.3 Å². The van der Waals surface area contributed by atoms with Crippen LogP contribution in [0.2, 0.25) is 0 Å². The summed E-state index contributed by atoms with van der Waals surface area (Å²) in [6.07, 6.45) is 5.21. The number of halogens is 2. The van der Waals surface area contributed by atoms with E-state index in [0.29, 0.717) is 28.9 Å². The third kappa shape index (κ3) is 7.00. The molecule has 0 aliphatic rings. The van der Waals surface area contributed by atoms with E-state index >= 15 is 0 Å². The molecule has 0 aliphatic carbocycles. The Morgan fingerprint density at radius 3 is 2.55 bits per heavy atom. The van der Waals surface area contributed by atoms with Gasteiger partial charge in [-0.15, -0.1) is 4.91 Å². The van der Waals surface area contributed by atoms with Crippen molar-refractivity contribution in [3.05, 3.63) is 124 Å². The molecule has 0 radical (unpaired) electrons. The van der Waals surface area contributed by atoms with Crippen LogP contribution >= 0.6 is 0 Å². The molecule has 11 heteroatoms. The zero-order valence-corrected chi connectivity index (χ0v) is 22.7. The molecule has 42 heavy (non-hydrogen) atoms. The Morgan fingerprint density at radius 2 is 1.86 bits per heavy atom. The van der Waals surface area contributed by atoms with Gasteiger partial charge in [0.1, 0.15) is 23.2 Å². The number of nitroso groups, excluding NO2 is 1. The van der Waals surface area contributed by atoms with E-state index in [1.807, 2.05) is 30.5 Å². The van der Waals surface area contributed by atoms with Crippen LogP contribution in [0.25, 0.3) is 22.0 Å². The average molecular weight is 570 g/mol. The molecule has 5 rings (SSSR count). The van der Waals surface area contributed by atoms with Gasteiger partial charge in [0.25, 0.3) is 0 Å². The Bertz CT molecular complexity index is 1720. The third-order valence-electron chi connectivity index (χ3n) is 6.65. The maximum atomic E-state index is 13.6. The van der Waals surface area contributed by atoms with Gasteiger partial charge < -0.3 is 21.9 Å². The number of benzene rings is 3. The number of carbonyl (C=O) groups is 1. The van der Waals surface area contributed by atoms with Gasteiger partial charge in [-0.3, -0.25) is 9.78 Å². The highest BCUT2D eigenvalue weighted by atomic mass is 19.1. The molecular formula is C31H29F2N7O2. The minimum absolute atomic E-state index is 0.156. The second-order valence-electron chi connectivity index (χ2n) is 9.34. The molecular weight excluding hydrogens is 540 g/mol. The molecule has 0 aliphatic heterocycles. The number of H-pyrrole nitrogens is 1. The summed E-state index contributed by atoms with van der Waals surface area (Å²) in [5.74, 6) is 4.07. The molecule has 214 valence electrons. The highest BCUT2D eigenvalue weighted by molar-refractivity contribution is 5.98. The van der Waals surface area contributed by atoms with E-state index in [1.54, 1.807) is 36.5 Å². The smallest absolute Gasteiger partial charge is 0.207 e. The fraction of sp³-hybridized carbons (Fsp3) is 0.129. The Labute approximate surface area is 240 Å². The second-order valence-corrected chi connectivity index (χ2v) is 9.34. The van der Waals surface area contributed by atoms with Crippen molar-refractivity contribution < 1.29 is 13.6 Å².